The Labute approximate surface area is 208 Å². The van der Waals surface area contributed by atoms with Crippen molar-refractivity contribution >= 4 is 33.4 Å². The summed E-state index contributed by atoms with van der Waals surface area (Å²) < 4.78 is 30.9. The predicted octanol–water partition coefficient (Wildman–Crippen LogP) is 2.96. The Morgan fingerprint density at radius 3 is 2.31 bits per heavy atom. The second-order valence-electron chi connectivity index (χ2n) is 8.64. The highest BCUT2D eigenvalue weighted by Gasteiger charge is 2.28. The quantitative estimate of drug-likeness (QED) is 0.395. The van der Waals surface area contributed by atoms with Crippen LogP contribution in [-0.4, -0.2) is 59.4 Å². The van der Waals surface area contributed by atoms with E-state index in [1.807, 2.05) is 48.3 Å². The van der Waals surface area contributed by atoms with E-state index in [-0.39, 0.29) is 29.3 Å². The zero-order valence-electron chi connectivity index (χ0n) is 19.7. The van der Waals surface area contributed by atoms with Gasteiger partial charge in [-0.25, -0.2) is 8.42 Å². The fourth-order valence-corrected chi connectivity index (χ4v) is 5.88. The molecular weight excluding hydrogens is 480 g/mol. The highest BCUT2D eigenvalue weighted by atomic mass is 32.2. The Bertz CT molecular complexity index is 1420. The van der Waals surface area contributed by atoms with Crippen LogP contribution in [0.4, 0.5) is 23.6 Å². The molecule has 1 fully saturated rings. The van der Waals surface area contributed by atoms with E-state index in [9.17, 15) is 8.42 Å². The summed E-state index contributed by atoms with van der Waals surface area (Å²) in [5.41, 5.74) is 6.82. The molecule has 1 saturated heterocycles. The first kappa shape index (κ1) is 23.7. The molecule has 0 bridgehead atoms. The van der Waals surface area contributed by atoms with Crippen molar-refractivity contribution in [3.05, 3.63) is 60.7 Å². The number of piperidine rings is 1. The summed E-state index contributed by atoms with van der Waals surface area (Å²) in [6.07, 6.45) is 1.41. The lowest BCUT2D eigenvalue weighted by Crippen LogP contribution is -2.36. The molecule has 36 heavy (non-hydrogen) atoms. The highest BCUT2D eigenvalue weighted by Crippen LogP contribution is 2.27. The van der Waals surface area contributed by atoms with Crippen LogP contribution in [0, 0.1) is 5.92 Å². The highest BCUT2D eigenvalue weighted by molar-refractivity contribution is 7.91. The molecule has 2 N–H and O–H groups in total. The van der Waals surface area contributed by atoms with Crippen molar-refractivity contribution in [3.63, 3.8) is 0 Å². The van der Waals surface area contributed by atoms with Gasteiger partial charge in [0.1, 0.15) is 0 Å². The van der Waals surface area contributed by atoms with Gasteiger partial charge in [0.15, 0.2) is 9.84 Å². The number of hydrogen-bond acceptors (Lipinski definition) is 11. The first-order valence-corrected chi connectivity index (χ1v) is 13.2. The third-order valence-corrected chi connectivity index (χ3v) is 8.04. The van der Waals surface area contributed by atoms with Gasteiger partial charge in [-0.3, -0.25) is 0 Å². The first-order valence-electron chi connectivity index (χ1n) is 11.6. The molecule has 0 saturated carbocycles. The van der Waals surface area contributed by atoms with Crippen LogP contribution in [-0.2, 0) is 9.84 Å². The van der Waals surface area contributed by atoms with Crippen LogP contribution in [0.2, 0.25) is 0 Å². The summed E-state index contributed by atoms with van der Waals surface area (Å²) in [6, 6.07) is 18.5. The van der Waals surface area contributed by atoms with Crippen LogP contribution in [0.15, 0.2) is 70.1 Å². The topological polar surface area (TPSA) is 144 Å². The molecule has 0 radical (unpaired) electrons. The Kier molecular flexibility index (Phi) is 6.51. The lowest BCUT2D eigenvalue weighted by atomic mass is 9.99. The van der Waals surface area contributed by atoms with E-state index in [4.69, 9.17) is 10.3 Å². The Morgan fingerprint density at radius 1 is 0.944 bits per heavy atom. The number of rotatable bonds is 7. The number of benzene rings is 2. The summed E-state index contributed by atoms with van der Waals surface area (Å²) >= 11 is 0. The number of aromatic nitrogens is 5. The smallest absolute Gasteiger partial charge is 0.324 e. The van der Waals surface area contributed by atoms with Gasteiger partial charge in [0.25, 0.3) is 0 Å². The summed E-state index contributed by atoms with van der Waals surface area (Å²) in [4.78, 5) is 21.4. The minimum atomic E-state index is -3.32. The van der Waals surface area contributed by atoms with Crippen molar-refractivity contribution < 1.29 is 12.9 Å². The van der Waals surface area contributed by atoms with Crippen LogP contribution in [0.25, 0.3) is 11.6 Å². The minimum absolute atomic E-state index is 0.0459. The van der Waals surface area contributed by atoms with E-state index >= 15 is 0 Å². The number of para-hydroxylation sites is 1. The predicted molar refractivity (Wildman–Crippen MR) is 135 cm³/mol. The van der Waals surface area contributed by atoms with Crippen molar-refractivity contribution in [1.82, 2.24) is 25.1 Å². The maximum absolute atomic E-state index is 12.7. The summed E-state index contributed by atoms with van der Waals surface area (Å²) in [6.45, 7) is 1.22. The van der Waals surface area contributed by atoms with Gasteiger partial charge in [-0.15, -0.1) is 0 Å². The molecule has 5 rings (SSSR count). The molecule has 2 aromatic heterocycles. The van der Waals surface area contributed by atoms with Crippen LogP contribution in [0.5, 0.6) is 0 Å². The third kappa shape index (κ3) is 5.13. The molecule has 12 heteroatoms. The SMILES string of the molecule is CN(c1ccccc1)c1nc(N)nc(-c2noc(N3CCC(CS(=O)(=O)c4ccccc4)CC3)n2)n1. The van der Waals surface area contributed by atoms with Crippen LogP contribution < -0.4 is 15.5 Å². The molecule has 0 amide bonds. The van der Waals surface area contributed by atoms with Gasteiger partial charge in [0.05, 0.1) is 10.6 Å². The lowest BCUT2D eigenvalue weighted by Gasteiger charge is -2.30. The third-order valence-electron chi connectivity index (χ3n) is 6.14. The molecule has 11 nitrogen and oxygen atoms in total. The maximum atomic E-state index is 12.7. The van der Waals surface area contributed by atoms with E-state index in [2.05, 4.69) is 25.1 Å². The first-order chi connectivity index (χ1) is 17.4. The fraction of sp³-hybridized carbons (Fsp3) is 0.292. The van der Waals surface area contributed by atoms with E-state index in [1.165, 1.54) is 0 Å². The molecule has 1 aliphatic rings. The van der Waals surface area contributed by atoms with Gasteiger partial charge in [-0.05, 0) is 43.0 Å². The van der Waals surface area contributed by atoms with Gasteiger partial charge in [-0.1, -0.05) is 41.6 Å². The second kappa shape index (κ2) is 9.90. The standard InChI is InChI=1S/C24H26N8O3S/c1-31(18-8-4-2-5-9-18)23-27-20(26-22(25)29-23)21-28-24(35-30-21)32-14-12-17(13-15-32)16-36(33,34)19-10-6-3-7-11-19/h2-11,17H,12-16H2,1H3,(H2,25,26,27,29). The van der Waals surface area contributed by atoms with Gasteiger partial charge < -0.3 is 20.1 Å². The summed E-state index contributed by atoms with van der Waals surface area (Å²) in [7, 11) is -1.49. The summed E-state index contributed by atoms with van der Waals surface area (Å²) in [5.74, 6) is 1.00. The molecule has 0 unspecified atom stereocenters. The van der Waals surface area contributed by atoms with Crippen LogP contribution in [0.1, 0.15) is 12.8 Å². The van der Waals surface area contributed by atoms with Gasteiger partial charge >= 0.3 is 6.01 Å². The maximum Gasteiger partial charge on any atom is 0.324 e. The molecular formula is C24H26N8O3S. The van der Waals surface area contributed by atoms with E-state index < -0.39 is 9.84 Å². The molecule has 2 aromatic carbocycles. The number of sulfone groups is 1. The van der Waals surface area contributed by atoms with E-state index in [0.29, 0.717) is 42.8 Å². The van der Waals surface area contributed by atoms with Gasteiger partial charge in [0.2, 0.25) is 23.5 Å². The van der Waals surface area contributed by atoms with E-state index in [1.54, 1.807) is 29.2 Å². The number of nitrogens with zero attached hydrogens (tertiary/aromatic N) is 7. The Hall–Kier alpha value is -4.06. The molecule has 0 atom stereocenters. The van der Waals surface area contributed by atoms with Crippen molar-refractivity contribution in [2.24, 2.45) is 5.92 Å². The second-order valence-corrected chi connectivity index (χ2v) is 10.7. The van der Waals surface area contributed by atoms with Gasteiger partial charge in [-0.2, -0.15) is 19.9 Å². The van der Waals surface area contributed by atoms with Crippen molar-refractivity contribution in [2.75, 3.05) is 41.4 Å². The van der Waals surface area contributed by atoms with Gasteiger partial charge in [0, 0.05) is 25.8 Å². The average molecular weight is 507 g/mol. The molecule has 4 aromatic rings. The van der Waals surface area contributed by atoms with Crippen LogP contribution >= 0.6 is 0 Å². The Balaban J connectivity index is 1.26. The zero-order chi connectivity index (χ0) is 25.1. The number of anilines is 4. The number of nitrogen functional groups attached to an aromatic ring is 1. The molecule has 186 valence electrons. The van der Waals surface area contributed by atoms with E-state index in [0.717, 1.165) is 5.69 Å². The normalized spacial score (nSPS) is 14.6. The summed E-state index contributed by atoms with van der Waals surface area (Å²) in [5, 5.41) is 4.04. The van der Waals surface area contributed by atoms with Crippen molar-refractivity contribution in [2.45, 2.75) is 17.7 Å². The Morgan fingerprint density at radius 2 is 1.61 bits per heavy atom. The molecule has 3 heterocycles. The average Bonchev–Trinajstić information content (AvgIpc) is 3.40. The largest absolute Gasteiger partial charge is 0.368 e. The lowest BCUT2D eigenvalue weighted by molar-refractivity contribution is 0.376. The van der Waals surface area contributed by atoms with Crippen molar-refractivity contribution in [3.8, 4) is 11.6 Å². The molecule has 0 aliphatic carbocycles. The zero-order valence-corrected chi connectivity index (χ0v) is 20.5. The fourth-order valence-electron chi connectivity index (χ4n) is 4.16. The number of hydrogen-bond donors (Lipinski definition) is 1. The number of nitrogens with two attached hydrogens (primary N) is 1. The van der Waals surface area contributed by atoms with Crippen LogP contribution in [0.3, 0.4) is 0 Å². The minimum Gasteiger partial charge on any atom is -0.368 e. The van der Waals surface area contributed by atoms with Crippen molar-refractivity contribution in [1.29, 1.82) is 0 Å². The molecule has 0 spiro atoms. The monoisotopic (exact) mass is 506 g/mol. The molecule has 1 aliphatic heterocycles.